The van der Waals surface area contributed by atoms with Crippen LogP contribution in [-0.4, -0.2) is 25.6 Å². The van der Waals surface area contributed by atoms with E-state index >= 15 is 0 Å². The Morgan fingerprint density at radius 1 is 1.11 bits per heavy atom. The standard InChI is InChI=1S/C20H16BrClN2O3S/c1-28(26,27)19-12-14(5-10-18(19)22)20(25)24(13-16-4-2-3-11-23-16)17-8-6-15(21)7-9-17/h2-12H,13H2,1H3. The second kappa shape index (κ2) is 8.43. The van der Waals surface area contributed by atoms with Crippen LogP contribution < -0.4 is 4.90 Å². The lowest BCUT2D eigenvalue weighted by molar-refractivity contribution is 0.0984. The van der Waals surface area contributed by atoms with Gasteiger partial charge < -0.3 is 4.90 Å². The Labute approximate surface area is 177 Å². The van der Waals surface area contributed by atoms with Gasteiger partial charge in [-0.3, -0.25) is 9.78 Å². The lowest BCUT2D eigenvalue weighted by atomic mass is 10.1. The highest BCUT2D eigenvalue weighted by Gasteiger charge is 2.22. The summed E-state index contributed by atoms with van der Waals surface area (Å²) in [5.41, 5.74) is 1.59. The van der Waals surface area contributed by atoms with Gasteiger partial charge in [0.25, 0.3) is 5.91 Å². The van der Waals surface area contributed by atoms with Crippen LogP contribution in [-0.2, 0) is 16.4 Å². The number of pyridine rings is 1. The number of hydrogen-bond acceptors (Lipinski definition) is 4. The van der Waals surface area contributed by atoms with Gasteiger partial charge in [-0.25, -0.2) is 8.42 Å². The van der Waals surface area contributed by atoms with E-state index in [1.54, 1.807) is 29.3 Å². The minimum Gasteiger partial charge on any atom is -0.302 e. The van der Waals surface area contributed by atoms with Crippen molar-refractivity contribution >= 4 is 49.0 Å². The van der Waals surface area contributed by atoms with E-state index < -0.39 is 9.84 Å². The summed E-state index contributed by atoms with van der Waals surface area (Å²) in [6.45, 7) is 0.234. The van der Waals surface area contributed by atoms with Crippen molar-refractivity contribution in [2.45, 2.75) is 11.4 Å². The Kier molecular flexibility index (Phi) is 6.17. The molecule has 3 rings (SSSR count). The molecule has 0 bridgehead atoms. The Morgan fingerprint density at radius 2 is 1.82 bits per heavy atom. The van der Waals surface area contributed by atoms with Crippen LogP contribution in [0.5, 0.6) is 0 Å². The molecule has 1 amide bonds. The van der Waals surface area contributed by atoms with Gasteiger partial charge in [-0.05, 0) is 54.6 Å². The minimum atomic E-state index is -3.57. The third kappa shape index (κ3) is 4.79. The molecular formula is C20H16BrClN2O3S. The van der Waals surface area contributed by atoms with E-state index in [1.165, 1.54) is 18.2 Å². The summed E-state index contributed by atoms with van der Waals surface area (Å²) in [4.78, 5) is 19.0. The summed E-state index contributed by atoms with van der Waals surface area (Å²) >= 11 is 9.40. The fraction of sp³-hybridized carbons (Fsp3) is 0.100. The van der Waals surface area contributed by atoms with E-state index in [0.29, 0.717) is 11.4 Å². The molecule has 0 aliphatic carbocycles. The number of nitrogens with zero attached hydrogens (tertiary/aromatic N) is 2. The minimum absolute atomic E-state index is 0.0754. The first-order chi connectivity index (χ1) is 13.3. The van der Waals surface area contributed by atoms with Crippen molar-refractivity contribution in [2.24, 2.45) is 0 Å². The lowest BCUT2D eigenvalue weighted by Gasteiger charge is -2.23. The van der Waals surface area contributed by atoms with Gasteiger partial charge in [-0.2, -0.15) is 0 Å². The maximum absolute atomic E-state index is 13.3. The molecular weight excluding hydrogens is 464 g/mol. The molecule has 0 fully saturated rings. The van der Waals surface area contributed by atoms with Gasteiger partial charge >= 0.3 is 0 Å². The zero-order chi connectivity index (χ0) is 20.3. The Balaban J connectivity index is 2.05. The number of halogens is 2. The highest BCUT2D eigenvalue weighted by Crippen LogP contribution is 2.26. The van der Waals surface area contributed by atoms with Crippen LogP contribution in [0, 0.1) is 0 Å². The third-order valence-corrected chi connectivity index (χ3v) is 6.11. The molecule has 0 saturated carbocycles. The number of hydrogen-bond donors (Lipinski definition) is 0. The molecule has 2 aromatic carbocycles. The number of sulfone groups is 1. The summed E-state index contributed by atoms with van der Waals surface area (Å²) in [5, 5.41) is 0.0824. The molecule has 0 spiro atoms. The average Bonchev–Trinajstić information content (AvgIpc) is 2.67. The second-order valence-corrected chi connectivity index (χ2v) is 9.41. The van der Waals surface area contributed by atoms with Crippen LogP contribution in [0.25, 0.3) is 0 Å². The number of benzene rings is 2. The third-order valence-electron chi connectivity index (χ3n) is 4.01. The summed E-state index contributed by atoms with van der Waals surface area (Å²) < 4.78 is 24.8. The zero-order valence-electron chi connectivity index (χ0n) is 14.8. The van der Waals surface area contributed by atoms with E-state index in [0.717, 1.165) is 10.7 Å². The number of carbonyl (C=O) groups excluding carboxylic acids is 1. The Morgan fingerprint density at radius 3 is 2.43 bits per heavy atom. The van der Waals surface area contributed by atoms with E-state index in [9.17, 15) is 13.2 Å². The Hall–Kier alpha value is -2.22. The topological polar surface area (TPSA) is 67.3 Å². The Bertz CT molecular complexity index is 1100. The van der Waals surface area contributed by atoms with Gasteiger partial charge in [-0.15, -0.1) is 0 Å². The van der Waals surface area contributed by atoms with Crippen molar-refractivity contribution in [3.8, 4) is 0 Å². The normalized spacial score (nSPS) is 11.2. The van der Waals surface area contributed by atoms with E-state index in [4.69, 9.17) is 11.6 Å². The van der Waals surface area contributed by atoms with Crippen molar-refractivity contribution in [1.29, 1.82) is 0 Å². The van der Waals surface area contributed by atoms with Gasteiger partial charge in [0.05, 0.1) is 22.2 Å². The molecule has 1 heterocycles. The average molecular weight is 480 g/mol. The van der Waals surface area contributed by atoms with E-state index in [1.807, 2.05) is 24.3 Å². The second-order valence-electron chi connectivity index (χ2n) is 6.11. The fourth-order valence-electron chi connectivity index (χ4n) is 2.63. The number of carbonyl (C=O) groups is 1. The van der Waals surface area contributed by atoms with Crippen molar-refractivity contribution in [3.05, 3.63) is 87.6 Å². The first-order valence-corrected chi connectivity index (χ1v) is 11.3. The molecule has 0 radical (unpaired) electrons. The number of anilines is 1. The summed E-state index contributed by atoms with van der Waals surface area (Å²) in [7, 11) is -3.57. The van der Waals surface area contributed by atoms with Gasteiger partial charge in [0.2, 0.25) is 0 Å². The number of rotatable bonds is 5. The zero-order valence-corrected chi connectivity index (χ0v) is 18.0. The summed E-state index contributed by atoms with van der Waals surface area (Å²) in [5.74, 6) is -0.352. The van der Waals surface area contributed by atoms with Gasteiger partial charge in [0.1, 0.15) is 0 Å². The van der Waals surface area contributed by atoms with Crippen molar-refractivity contribution in [1.82, 2.24) is 4.98 Å². The fourth-order valence-corrected chi connectivity index (χ4v) is 4.20. The maximum Gasteiger partial charge on any atom is 0.258 e. The predicted molar refractivity (Wildman–Crippen MR) is 113 cm³/mol. The quantitative estimate of drug-likeness (QED) is 0.530. The molecule has 1 aromatic heterocycles. The van der Waals surface area contributed by atoms with E-state index in [2.05, 4.69) is 20.9 Å². The van der Waals surface area contributed by atoms with Crippen LogP contribution in [0.15, 0.2) is 76.2 Å². The monoisotopic (exact) mass is 478 g/mol. The molecule has 144 valence electrons. The predicted octanol–water partition coefficient (Wildman–Crippen LogP) is 4.75. The van der Waals surface area contributed by atoms with Gasteiger partial charge in [-0.1, -0.05) is 33.6 Å². The number of amides is 1. The molecule has 0 aliphatic rings. The largest absolute Gasteiger partial charge is 0.302 e. The molecule has 0 saturated heterocycles. The van der Waals surface area contributed by atoms with Crippen LogP contribution in [0.2, 0.25) is 5.02 Å². The SMILES string of the molecule is CS(=O)(=O)c1cc(C(=O)N(Cc2ccccn2)c2ccc(Br)cc2)ccc1Cl. The number of aromatic nitrogens is 1. The van der Waals surface area contributed by atoms with Crippen LogP contribution in [0.3, 0.4) is 0 Å². The van der Waals surface area contributed by atoms with Crippen molar-refractivity contribution in [2.75, 3.05) is 11.2 Å². The highest BCUT2D eigenvalue weighted by atomic mass is 79.9. The van der Waals surface area contributed by atoms with Gasteiger partial charge in [0, 0.05) is 28.2 Å². The van der Waals surface area contributed by atoms with Crippen molar-refractivity contribution in [3.63, 3.8) is 0 Å². The molecule has 0 atom stereocenters. The van der Waals surface area contributed by atoms with Crippen molar-refractivity contribution < 1.29 is 13.2 Å². The molecule has 3 aromatic rings. The highest BCUT2D eigenvalue weighted by molar-refractivity contribution is 9.10. The molecule has 0 unspecified atom stereocenters. The summed E-state index contributed by atoms with van der Waals surface area (Å²) in [6, 6.07) is 17.0. The van der Waals surface area contributed by atoms with Crippen LogP contribution in [0.4, 0.5) is 5.69 Å². The van der Waals surface area contributed by atoms with Crippen LogP contribution >= 0.6 is 27.5 Å². The maximum atomic E-state index is 13.3. The molecule has 5 nitrogen and oxygen atoms in total. The van der Waals surface area contributed by atoms with Crippen LogP contribution in [0.1, 0.15) is 16.1 Å². The summed E-state index contributed by atoms with van der Waals surface area (Å²) in [6.07, 6.45) is 2.71. The van der Waals surface area contributed by atoms with E-state index in [-0.39, 0.29) is 27.9 Å². The first-order valence-electron chi connectivity index (χ1n) is 8.22. The van der Waals surface area contributed by atoms with Gasteiger partial charge in [0.15, 0.2) is 9.84 Å². The molecule has 0 aliphatic heterocycles. The molecule has 0 N–H and O–H groups in total. The molecule has 28 heavy (non-hydrogen) atoms. The smallest absolute Gasteiger partial charge is 0.258 e. The lowest BCUT2D eigenvalue weighted by Crippen LogP contribution is -2.31. The molecule has 8 heteroatoms. The first kappa shape index (κ1) is 20.5.